The highest BCUT2D eigenvalue weighted by Crippen LogP contribution is 2.65. The van der Waals surface area contributed by atoms with Crippen molar-refractivity contribution in [2.45, 2.75) is 81.3 Å². The molecule has 1 amide bonds. The minimum atomic E-state index is -5.12. The van der Waals surface area contributed by atoms with Gasteiger partial charge in [0, 0.05) is 27.1 Å². The molecule has 2 rings (SSSR count). The van der Waals surface area contributed by atoms with Crippen LogP contribution in [0.25, 0.3) is 0 Å². The molecular weight excluding hydrogens is 539 g/mol. The number of methoxy groups -OCH3 is 1. The summed E-state index contributed by atoms with van der Waals surface area (Å²) in [5.74, 6) is -0.482. The molecule has 0 aromatic carbocycles. The SMILES string of the molecule is CCOP(=O)(OCC)C(F)(F)[C@@H]1[C@@H](O)[C@H](O)[C@H](CO)N1CCN[C@H]1[C@H](O)[C@@H](NC(C)=O)[C@@H](OC)O[C@@H]1CO. The van der Waals surface area contributed by atoms with E-state index in [1.165, 1.54) is 27.9 Å². The van der Waals surface area contributed by atoms with Crippen LogP contribution in [0.15, 0.2) is 0 Å². The maximum atomic E-state index is 15.7. The van der Waals surface area contributed by atoms with Crippen molar-refractivity contribution in [3.8, 4) is 0 Å². The fourth-order valence-electron chi connectivity index (χ4n) is 4.95. The third-order valence-corrected chi connectivity index (χ3v) is 8.82. The van der Waals surface area contributed by atoms with Crippen molar-refractivity contribution in [3.05, 3.63) is 0 Å². The van der Waals surface area contributed by atoms with Gasteiger partial charge in [-0.3, -0.25) is 14.3 Å². The Hall–Kier alpha value is -0.880. The molecule has 7 N–H and O–H groups in total. The molecular formula is C21H40F2N3O11P. The summed E-state index contributed by atoms with van der Waals surface area (Å²) in [6, 6.07) is -5.65. The lowest BCUT2D eigenvalue weighted by Gasteiger charge is -2.44. The maximum absolute atomic E-state index is 15.7. The summed E-state index contributed by atoms with van der Waals surface area (Å²) in [6.45, 7) is 1.25. The number of amides is 1. The fourth-order valence-corrected chi connectivity index (χ4v) is 6.68. The second-order valence-electron chi connectivity index (χ2n) is 8.99. The molecule has 2 aliphatic heterocycles. The van der Waals surface area contributed by atoms with Gasteiger partial charge in [-0.1, -0.05) is 0 Å². The van der Waals surface area contributed by atoms with E-state index in [1.807, 2.05) is 0 Å². The van der Waals surface area contributed by atoms with E-state index in [4.69, 9.17) is 18.5 Å². The lowest BCUT2D eigenvalue weighted by Crippen LogP contribution is -2.68. The van der Waals surface area contributed by atoms with Crippen molar-refractivity contribution >= 4 is 13.5 Å². The highest BCUT2D eigenvalue weighted by atomic mass is 31.2. The number of rotatable bonds is 14. The zero-order chi connectivity index (χ0) is 28.8. The molecule has 0 unspecified atom stereocenters. The van der Waals surface area contributed by atoms with E-state index >= 15 is 8.78 Å². The molecule has 0 aliphatic carbocycles. The molecule has 0 spiro atoms. The zero-order valence-corrected chi connectivity index (χ0v) is 22.7. The predicted octanol–water partition coefficient (Wildman–Crippen LogP) is -2.20. The summed E-state index contributed by atoms with van der Waals surface area (Å²) in [4.78, 5) is 12.5. The first-order valence-electron chi connectivity index (χ1n) is 12.3. The lowest BCUT2D eigenvalue weighted by molar-refractivity contribution is -0.237. The number of hydrogen-bond acceptors (Lipinski definition) is 13. The van der Waals surface area contributed by atoms with Gasteiger partial charge in [-0.25, -0.2) is 0 Å². The van der Waals surface area contributed by atoms with Gasteiger partial charge in [0.2, 0.25) is 5.91 Å². The Kier molecular flexibility index (Phi) is 12.4. The van der Waals surface area contributed by atoms with Crippen LogP contribution in [0.2, 0.25) is 0 Å². The number of nitrogens with zero attached hydrogens (tertiary/aromatic N) is 1. The minimum Gasteiger partial charge on any atom is -0.395 e. The van der Waals surface area contributed by atoms with E-state index in [1.54, 1.807) is 0 Å². The quantitative estimate of drug-likeness (QED) is 0.110. The van der Waals surface area contributed by atoms with Gasteiger partial charge in [-0.05, 0) is 13.8 Å². The number of aliphatic hydroxyl groups is 5. The molecule has 0 bridgehead atoms. The Balaban J connectivity index is 2.28. The highest BCUT2D eigenvalue weighted by Gasteiger charge is 2.67. The van der Waals surface area contributed by atoms with Gasteiger partial charge in [0.1, 0.15) is 24.3 Å². The molecule has 0 saturated carbocycles. The molecule has 224 valence electrons. The second-order valence-corrected chi connectivity index (χ2v) is 11.1. The van der Waals surface area contributed by atoms with Gasteiger partial charge in [-0.2, -0.15) is 8.78 Å². The number of halogens is 2. The van der Waals surface area contributed by atoms with Gasteiger partial charge in [0.15, 0.2) is 6.29 Å². The average Bonchev–Trinajstić information content (AvgIpc) is 3.10. The molecule has 14 nitrogen and oxygen atoms in total. The number of ether oxygens (including phenoxy) is 2. The van der Waals surface area contributed by atoms with E-state index in [9.17, 15) is 34.9 Å². The number of carbonyl (C=O) groups is 1. The van der Waals surface area contributed by atoms with Gasteiger partial charge < -0.3 is 54.7 Å². The van der Waals surface area contributed by atoms with E-state index in [0.29, 0.717) is 0 Å². The topological polar surface area (TPSA) is 200 Å². The summed E-state index contributed by atoms with van der Waals surface area (Å²) in [5, 5.41) is 56.8. The average molecular weight is 580 g/mol. The Bertz CT molecular complexity index is 806. The number of hydrogen-bond donors (Lipinski definition) is 7. The monoisotopic (exact) mass is 579 g/mol. The number of carbonyl (C=O) groups excluding carboxylic acids is 1. The van der Waals surface area contributed by atoms with E-state index in [-0.39, 0.29) is 26.3 Å². The summed E-state index contributed by atoms with van der Waals surface area (Å²) in [5.41, 5.74) is -4.29. The van der Waals surface area contributed by atoms with Crippen molar-refractivity contribution in [1.82, 2.24) is 15.5 Å². The van der Waals surface area contributed by atoms with Crippen LogP contribution >= 0.6 is 7.60 Å². The normalized spacial score (nSPS) is 35.0. The molecule has 0 aromatic heterocycles. The summed E-state index contributed by atoms with van der Waals surface area (Å²) >= 11 is 0. The van der Waals surface area contributed by atoms with Crippen molar-refractivity contribution in [2.75, 3.05) is 46.6 Å². The predicted molar refractivity (Wildman–Crippen MR) is 127 cm³/mol. The summed E-state index contributed by atoms with van der Waals surface area (Å²) in [6.07, 6.45) is -7.37. The summed E-state index contributed by atoms with van der Waals surface area (Å²) in [7, 11) is -3.83. The molecule has 2 saturated heterocycles. The van der Waals surface area contributed by atoms with Gasteiger partial charge in [0.05, 0.1) is 50.7 Å². The Morgan fingerprint density at radius 2 is 1.66 bits per heavy atom. The molecule has 17 heteroatoms. The highest BCUT2D eigenvalue weighted by molar-refractivity contribution is 7.55. The first-order chi connectivity index (χ1) is 17.8. The summed E-state index contributed by atoms with van der Waals surface area (Å²) < 4.78 is 64.8. The third kappa shape index (κ3) is 6.70. The standard InChI is InChI=1S/C21H40F2N3O11P/c1-5-35-38(33,36-6-2)21(22,23)19-18(32)16(30)12(9-27)26(19)8-7-24-14-13(10-28)37-20(34-4)15(17(14)31)25-11(3)29/h12-20,24,27-28,30-32H,5-10H2,1-4H3,(H,25,29)/t12-,13+,14+,15+,16+,17-,18-,19-,20-/m0/s1. The van der Waals surface area contributed by atoms with Gasteiger partial charge >= 0.3 is 13.3 Å². The smallest absolute Gasteiger partial charge is 0.395 e. The first kappa shape index (κ1) is 33.3. The van der Waals surface area contributed by atoms with Crippen LogP contribution in [-0.4, -0.2) is 144 Å². The number of likely N-dealkylation sites (tertiary alicyclic amines) is 1. The lowest BCUT2D eigenvalue weighted by atomic mass is 9.94. The Morgan fingerprint density at radius 1 is 1.05 bits per heavy atom. The van der Waals surface area contributed by atoms with Crippen LogP contribution in [0.5, 0.6) is 0 Å². The van der Waals surface area contributed by atoms with Crippen LogP contribution in [-0.2, 0) is 27.9 Å². The number of nitrogens with one attached hydrogen (secondary N) is 2. The minimum absolute atomic E-state index is 0.192. The Morgan fingerprint density at radius 3 is 2.13 bits per heavy atom. The van der Waals surface area contributed by atoms with E-state index in [2.05, 4.69) is 10.6 Å². The van der Waals surface area contributed by atoms with E-state index < -0.39 is 87.3 Å². The van der Waals surface area contributed by atoms with Crippen LogP contribution in [0.4, 0.5) is 8.78 Å². The molecule has 2 heterocycles. The third-order valence-electron chi connectivity index (χ3n) is 6.63. The molecule has 2 aliphatic rings. The van der Waals surface area contributed by atoms with Crippen LogP contribution in [0, 0.1) is 0 Å². The largest absolute Gasteiger partial charge is 0.401 e. The van der Waals surface area contributed by atoms with Gasteiger partial charge in [0.25, 0.3) is 0 Å². The zero-order valence-electron chi connectivity index (χ0n) is 21.8. The number of alkyl halides is 2. The van der Waals surface area contributed by atoms with Crippen LogP contribution in [0.3, 0.4) is 0 Å². The van der Waals surface area contributed by atoms with Crippen molar-refractivity contribution in [3.63, 3.8) is 0 Å². The molecule has 38 heavy (non-hydrogen) atoms. The van der Waals surface area contributed by atoms with Crippen LogP contribution < -0.4 is 10.6 Å². The second kappa shape index (κ2) is 14.1. The molecule has 9 atom stereocenters. The van der Waals surface area contributed by atoms with E-state index in [0.717, 1.165) is 4.90 Å². The van der Waals surface area contributed by atoms with Crippen molar-refractivity contribution in [1.29, 1.82) is 0 Å². The van der Waals surface area contributed by atoms with Crippen molar-refractivity contribution < 1.29 is 62.2 Å². The molecule has 0 radical (unpaired) electrons. The molecule has 0 aromatic rings. The molecule has 2 fully saturated rings. The maximum Gasteiger partial charge on any atom is 0.401 e. The number of aliphatic hydroxyl groups excluding tert-OH is 5. The van der Waals surface area contributed by atoms with Gasteiger partial charge in [-0.15, -0.1) is 0 Å². The van der Waals surface area contributed by atoms with Crippen molar-refractivity contribution in [2.24, 2.45) is 0 Å². The first-order valence-corrected chi connectivity index (χ1v) is 13.9. The fraction of sp³-hybridized carbons (Fsp3) is 0.952. The Labute approximate surface area is 219 Å². The van der Waals surface area contributed by atoms with Crippen LogP contribution in [0.1, 0.15) is 20.8 Å².